The van der Waals surface area contributed by atoms with E-state index in [1.54, 1.807) is 29.9 Å². The molecule has 3 aromatic rings. The number of rotatable bonds is 3. The third-order valence-electron chi connectivity index (χ3n) is 2.65. The molecule has 9 heteroatoms. The number of nitrogens with one attached hydrogen (secondary N) is 1. The number of sulfonamides is 1. The maximum atomic E-state index is 12.4. The average Bonchev–Trinajstić information content (AvgIpc) is 2.91. The molecule has 0 radical (unpaired) electrons. The minimum absolute atomic E-state index is 0.0311. The highest BCUT2D eigenvalue weighted by Gasteiger charge is 2.24. The molecule has 0 atom stereocenters. The molecule has 0 saturated heterocycles. The monoisotopic (exact) mass is 309 g/mol. The smallest absolute Gasteiger partial charge is 0.282 e. The Morgan fingerprint density at radius 1 is 1.40 bits per heavy atom. The number of hydrogen-bond acceptors (Lipinski definition) is 6. The molecule has 0 spiro atoms. The van der Waals surface area contributed by atoms with Gasteiger partial charge in [-0.3, -0.25) is 9.12 Å². The summed E-state index contributed by atoms with van der Waals surface area (Å²) in [5.41, 5.74) is 6.64. The molecule has 7 nitrogen and oxygen atoms in total. The van der Waals surface area contributed by atoms with Crippen LogP contribution in [-0.4, -0.2) is 22.8 Å². The van der Waals surface area contributed by atoms with Gasteiger partial charge in [0.1, 0.15) is 5.82 Å². The van der Waals surface area contributed by atoms with Crippen molar-refractivity contribution in [1.29, 1.82) is 0 Å². The lowest BCUT2D eigenvalue weighted by molar-refractivity contribution is 0.597. The summed E-state index contributed by atoms with van der Waals surface area (Å²) < 4.78 is 28.6. The van der Waals surface area contributed by atoms with E-state index >= 15 is 0 Å². The van der Waals surface area contributed by atoms with Crippen LogP contribution in [0.15, 0.2) is 34.9 Å². The van der Waals surface area contributed by atoms with Crippen LogP contribution in [0.4, 0.5) is 11.6 Å². The molecule has 0 fully saturated rings. The number of anilines is 2. The van der Waals surface area contributed by atoms with Crippen LogP contribution < -0.4 is 10.5 Å². The predicted molar refractivity (Wildman–Crippen MR) is 77.3 cm³/mol. The van der Waals surface area contributed by atoms with Gasteiger partial charge >= 0.3 is 0 Å². The van der Waals surface area contributed by atoms with Crippen LogP contribution in [0.5, 0.6) is 0 Å². The van der Waals surface area contributed by atoms with Crippen LogP contribution in [0.1, 0.15) is 5.56 Å². The van der Waals surface area contributed by atoms with Crippen molar-refractivity contribution in [2.45, 2.75) is 11.9 Å². The molecule has 3 aromatic heterocycles. The van der Waals surface area contributed by atoms with Crippen molar-refractivity contribution in [3.8, 4) is 0 Å². The summed E-state index contributed by atoms with van der Waals surface area (Å²) >= 11 is 1.31. The third-order valence-corrected chi connectivity index (χ3v) is 4.80. The second kappa shape index (κ2) is 4.46. The van der Waals surface area contributed by atoms with Gasteiger partial charge in [0, 0.05) is 17.8 Å². The Hall–Kier alpha value is -2.13. The lowest BCUT2D eigenvalue weighted by Gasteiger charge is -2.07. The number of aryl methyl sites for hydroxylation is 1. The number of nitrogens with two attached hydrogens (primary N) is 1. The summed E-state index contributed by atoms with van der Waals surface area (Å²) in [6.07, 6.45) is 3.19. The molecule has 0 amide bonds. The maximum absolute atomic E-state index is 12.4. The number of pyridine rings is 1. The van der Waals surface area contributed by atoms with Gasteiger partial charge in [0.25, 0.3) is 10.0 Å². The number of fused-ring (bicyclic) bond motifs is 1. The van der Waals surface area contributed by atoms with Crippen LogP contribution >= 0.6 is 11.3 Å². The molecule has 0 aliphatic heterocycles. The van der Waals surface area contributed by atoms with Crippen molar-refractivity contribution in [2.75, 3.05) is 10.5 Å². The Bertz CT molecular complexity index is 864. The van der Waals surface area contributed by atoms with Gasteiger partial charge in [0.2, 0.25) is 5.03 Å². The first-order valence-electron chi connectivity index (χ1n) is 5.64. The second-order valence-corrected chi connectivity index (χ2v) is 6.65. The van der Waals surface area contributed by atoms with Crippen molar-refractivity contribution in [1.82, 2.24) is 14.4 Å². The first-order chi connectivity index (χ1) is 9.47. The quantitative estimate of drug-likeness (QED) is 0.763. The Morgan fingerprint density at radius 2 is 2.20 bits per heavy atom. The van der Waals surface area contributed by atoms with Crippen molar-refractivity contribution in [3.63, 3.8) is 0 Å². The number of imidazole rings is 1. The molecular weight excluding hydrogens is 298 g/mol. The topological polar surface area (TPSA) is 102 Å². The molecule has 3 heterocycles. The van der Waals surface area contributed by atoms with Crippen molar-refractivity contribution in [3.05, 3.63) is 35.5 Å². The molecule has 0 saturated carbocycles. The first kappa shape index (κ1) is 12.9. The standard InChI is InChI=1S/C11H11N5O2S2/c1-7-2-3-8(13-6-7)15-20(17,18)10-9(12)14-11-16(10)4-5-19-11/h2-6H,12H2,1H3,(H,13,15). The molecule has 0 unspecified atom stereocenters. The molecule has 104 valence electrons. The number of hydrogen-bond donors (Lipinski definition) is 2. The van der Waals surface area contributed by atoms with Gasteiger partial charge in [-0.25, -0.2) is 9.97 Å². The van der Waals surface area contributed by atoms with Gasteiger partial charge in [-0.2, -0.15) is 8.42 Å². The molecule has 0 aliphatic rings. The number of nitrogen functional groups attached to an aromatic ring is 1. The molecule has 0 aliphatic carbocycles. The largest absolute Gasteiger partial charge is 0.381 e. The molecule has 20 heavy (non-hydrogen) atoms. The number of thiazole rings is 1. The van der Waals surface area contributed by atoms with Crippen molar-refractivity contribution < 1.29 is 8.42 Å². The lowest BCUT2D eigenvalue weighted by Crippen LogP contribution is -2.17. The normalized spacial score (nSPS) is 11.8. The zero-order chi connectivity index (χ0) is 14.3. The van der Waals surface area contributed by atoms with E-state index < -0.39 is 10.0 Å². The highest BCUT2D eigenvalue weighted by Crippen LogP contribution is 2.24. The zero-order valence-electron chi connectivity index (χ0n) is 10.4. The van der Waals surface area contributed by atoms with E-state index in [-0.39, 0.29) is 16.7 Å². The van der Waals surface area contributed by atoms with E-state index in [0.29, 0.717) is 4.96 Å². The Labute approximate surface area is 119 Å². The van der Waals surface area contributed by atoms with Crippen LogP contribution in [-0.2, 0) is 10.0 Å². The second-order valence-electron chi connectivity index (χ2n) is 4.18. The fraction of sp³-hybridized carbons (Fsp3) is 0.0909. The first-order valence-corrected chi connectivity index (χ1v) is 8.00. The summed E-state index contributed by atoms with van der Waals surface area (Å²) in [5.74, 6) is 0.205. The van der Waals surface area contributed by atoms with Gasteiger partial charge in [-0.1, -0.05) is 6.07 Å². The third kappa shape index (κ3) is 2.10. The fourth-order valence-electron chi connectivity index (χ4n) is 1.76. The van der Waals surface area contributed by atoms with E-state index in [1.807, 2.05) is 6.92 Å². The SMILES string of the molecule is Cc1ccc(NS(=O)(=O)c2c(N)nc3sccn23)nc1. The van der Waals surface area contributed by atoms with Gasteiger partial charge in [0.05, 0.1) is 0 Å². The highest BCUT2D eigenvalue weighted by atomic mass is 32.2. The van der Waals surface area contributed by atoms with Crippen LogP contribution in [0.2, 0.25) is 0 Å². The fourth-order valence-corrected chi connectivity index (χ4v) is 3.76. The van der Waals surface area contributed by atoms with E-state index in [2.05, 4.69) is 14.7 Å². The van der Waals surface area contributed by atoms with E-state index in [9.17, 15) is 8.42 Å². The van der Waals surface area contributed by atoms with Crippen LogP contribution in [0.25, 0.3) is 4.96 Å². The van der Waals surface area contributed by atoms with Crippen molar-refractivity contribution in [2.24, 2.45) is 0 Å². The number of nitrogens with zero attached hydrogens (tertiary/aromatic N) is 3. The Morgan fingerprint density at radius 3 is 2.90 bits per heavy atom. The molecule has 3 rings (SSSR count). The minimum Gasteiger partial charge on any atom is -0.381 e. The minimum atomic E-state index is -3.84. The summed E-state index contributed by atoms with van der Waals surface area (Å²) in [6.45, 7) is 1.87. The number of aromatic nitrogens is 3. The summed E-state index contributed by atoms with van der Waals surface area (Å²) in [6, 6.07) is 3.36. The Balaban J connectivity index is 2.05. The maximum Gasteiger partial charge on any atom is 0.282 e. The van der Waals surface area contributed by atoms with Gasteiger partial charge < -0.3 is 5.73 Å². The predicted octanol–water partition coefficient (Wildman–Crippen LogP) is 1.48. The van der Waals surface area contributed by atoms with Gasteiger partial charge in [-0.15, -0.1) is 11.3 Å². The molecule has 0 bridgehead atoms. The lowest BCUT2D eigenvalue weighted by atomic mass is 10.3. The highest BCUT2D eigenvalue weighted by molar-refractivity contribution is 7.92. The van der Waals surface area contributed by atoms with Crippen LogP contribution in [0, 0.1) is 6.92 Å². The molecular formula is C11H11N5O2S2. The van der Waals surface area contributed by atoms with E-state index in [1.165, 1.54) is 15.7 Å². The van der Waals surface area contributed by atoms with Crippen LogP contribution in [0.3, 0.4) is 0 Å². The summed E-state index contributed by atoms with van der Waals surface area (Å²) in [7, 11) is -3.84. The Kier molecular flexibility index (Phi) is 2.87. The summed E-state index contributed by atoms with van der Waals surface area (Å²) in [4.78, 5) is 8.55. The van der Waals surface area contributed by atoms with Crippen molar-refractivity contribution >= 4 is 38.0 Å². The molecule has 0 aromatic carbocycles. The van der Waals surface area contributed by atoms with E-state index in [0.717, 1.165) is 5.56 Å². The zero-order valence-corrected chi connectivity index (χ0v) is 12.1. The summed E-state index contributed by atoms with van der Waals surface area (Å²) in [5, 5.41) is 1.67. The average molecular weight is 309 g/mol. The molecule has 3 N–H and O–H groups in total. The van der Waals surface area contributed by atoms with E-state index in [4.69, 9.17) is 5.73 Å². The van der Waals surface area contributed by atoms with Gasteiger partial charge in [0.15, 0.2) is 10.8 Å². The van der Waals surface area contributed by atoms with Gasteiger partial charge in [-0.05, 0) is 18.6 Å².